The highest BCUT2D eigenvalue weighted by Gasteiger charge is 2.28. The number of rotatable bonds is 5. The number of benzene rings is 1. The predicted octanol–water partition coefficient (Wildman–Crippen LogP) is 3.11. The first-order valence-corrected chi connectivity index (χ1v) is 7.23. The number of hydrogen-bond donors (Lipinski definition) is 1. The van der Waals surface area contributed by atoms with Gasteiger partial charge in [0, 0.05) is 12.2 Å². The highest BCUT2D eigenvalue weighted by molar-refractivity contribution is 6.03. The molecule has 0 aliphatic heterocycles. The highest BCUT2D eigenvalue weighted by atomic mass is 19.4. The molecule has 0 aliphatic carbocycles. The Bertz CT molecular complexity index is 741. The molecule has 0 saturated heterocycles. The summed E-state index contributed by atoms with van der Waals surface area (Å²) in [6, 6.07) is 4.38. The molecule has 9 heteroatoms. The van der Waals surface area contributed by atoms with Crippen LogP contribution in [0.15, 0.2) is 18.2 Å². The van der Waals surface area contributed by atoms with E-state index in [-0.39, 0.29) is 11.4 Å². The van der Waals surface area contributed by atoms with Gasteiger partial charge in [-0.25, -0.2) is 4.68 Å². The van der Waals surface area contributed by atoms with Gasteiger partial charge in [0.2, 0.25) is 0 Å². The molecule has 0 saturated carbocycles. The van der Waals surface area contributed by atoms with Crippen molar-refractivity contribution in [2.45, 2.75) is 33.5 Å². The summed E-state index contributed by atoms with van der Waals surface area (Å²) < 4.78 is 42.9. The number of aryl methyl sites for hydroxylation is 2. The first kappa shape index (κ1) is 17.8. The van der Waals surface area contributed by atoms with Gasteiger partial charge in [-0.2, -0.15) is 13.2 Å². The van der Waals surface area contributed by atoms with Crippen LogP contribution in [0.2, 0.25) is 0 Å². The van der Waals surface area contributed by atoms with E-state index in [2.05, 4.69) is 15.6 Å². The Balaban J connectivity index is 2.09. The molecular formula is C15H17F3N4O2. The van der Waals surface area contributed by atoms with Crippen LogP contribution in [-0.2, 0) is 6.54 Å². The summed E-state index contributed by atoms with van der Waals surface area (Å²) in [5.41, 5.74) is 1.75. The minimum Gasteiger partial charge on any atom is -0.484 e. The fraction of sp³-hybridized carbons (Fsp3) is 0.400. The van der Waals surface area contributed by atoms with E-state index in [0.717, 1.165) is 0 Å². The number of nitrogens with zero attached hydrogens (tertiary/aromatic N) is 3. The summed E-state index contributed by atoms with van der Waals surface area (Å²) in [6.45, 7) is 4.44. The van der Waals surface area contributed by atoms with E-state index in [0.29, 0.717) is 23.5 Å². The van der Waals surface area contributed by atoms with Gasteiger partial charge in [0.05, 0.1) is 5.69 Å². The third kappa shape index (κ3) is 4.24. The first-order valence-electron chi connectivity index (χ1n) is 7.23. The fourth-order valence-electron chi connectivity index (χ4n) is 2.11. The Morgan fingerprint density at radius 3 is 2.58 bits per heavy atom. The molecule has 1 N–H and O–H groups in total. The van der Waals surface area contributed by atoms with Gasteiger partial charge in [-0.3, -0.25) is 4.79 Å². The van der Waals surface area contributed by atoms with Gasteiger partial charge in [-0.05, 0) is 44.5 Å². The van der Waals surface area contributed by atoms with Crippen molar-refractivity contribution in [2.24, 2.45) is 0 Å². The SMILES string of the molecule is CCn1nnc(C(=O)Nc2ccc(OCC(F)(F)F)c(C)c2)c1C. The van der Waals surface area contributed by atoms with Crippen LogP contribution >= 0.6 is 0 Å². The molecule has 1 heterocycles. The minimum atomic E-state index is -4.40. The van der Waals surface area contributed by atoms with E-state index in [1.807, 2.05) is 6.92 Å². The van der Waals surface area contributed by atoms with Gasteiger partial charge >= 0.3 is 6.18 Å². The van der Waals surface area contributed by atoms with Crippen LogP contribution in [0.3, 0.4) is 0 Å². The number of hydrogen-bond acceptors (Lipinski definition) is 4. The second-order valence-electron chi connectivity index (χ2n) is 5.18. The van der Waals surface area contributed by atoms with Gasteiger partial charge in [-0.1, -0.05) is 5.21 Å². The lowest BCUT2D eigenvalue weighted by atomic mass is 10.2. The maximum Gasteiger partial charge on any atom is 0.422 e. The average Bonchev–Trinajstić information content (AvgIpc) is 2.86. The summed E-state index contributed by atoms with van der Waals surface area (Å²) in [6.07, 6.45) is -4.40. The van der Waals surface area contributed by atoms with Crippen LogP contribution in [0.25, 0.3) is 0 Å². The highest BCUT2D eigenvalue weighted by Crippen LogP contribution is 2.25. The Kier molecular flexibility index (Phi) is 5.10. The number of halogens is 3. The zero-order valence-corrected chi connectivity index (χ0v) is 13.4. The molecule has 1 amide bonds. The van der Waals surface area contributed by atoms with Crippen molar-refractivity contribution in [3.8, 4) is 5.75 Å². The molecule has 0 unspecified atom stereocenters. The maximum absolute atomic E-state index is 12.2. The van der Waals surface area contributed by atoms with Crippen molar-refractivity contribution in [1.82, 2.24) is 15.0 Å². The molecular weight excluding hydrogens is 325 g/mol. The molecule has 0 radical (unpaired) electrons. The van der Waals surface area contributed by atoms with Crippen LogP contribution in [0.4, 0.5) is 18.9 Å². The fourth-order valence-corrected chi connectivity index (χ4v) is 2.11. The average molecular weight is 342 g/mol. The molecule has 1 aromatic heterocycles. The second-order valence-corrected chi connectivity index (χ2v) is 5.18. The van der Waals surface area contributed by atoms with Crippen molar-refractivity contribution >= 4 is 11.6 Å². The largest absolute Gasteiger partial charge is 0.484 e. The number of aromatic nitrogens is 3. The monoisotopic (exact) mass is 342 g/mol. The third-order valence-corrected chi connectivity index (χ3v) is 3.32. The summed E-state index contributed by atoms with van der Waals surface area (Å²) >= 11 is 0. The Hall–Kier alpha value is -2.58. The van der Waals surface area contributed by atoms with E-state index in [1.165, 1.54) is 18.2 Å². The molecule has 24 heavy (non-hydrogen) atoms. The molecule has 2 aromatic rings. The van der Waals surface area contributed by atoms with Gasteiger partial charge in [0.15, 0.2) is 12.3 Å². The topological polar surface area (TPSA) is 69.0 Å². The number of anilines is 1. The van der Waals surface area contributed by atoms with Crippen molar-refractivity contribution in [3.05, 3.63) is 35.2 Å². The summed E-state index contributed by atoms with van der Waals surface area (Å²) in [5, 5.41) is 10.3. The number of carbonyl (C=O) groups is 1. The molecule has 0 bridgehead atoms. The molecule has 0 aliphatic rings. The number of amides is 1. The predicted molar refractivity (Wildman–Crippen MR) is 81.1 cm³/mol. The quantitative estimate of drug-likeness (QED) is 0.906. The van der Waals surface area contributed by atoms with Crippen LogP contribution < -0.4 is 10.1 Å². The number of alkyl halides is 3. The standard InChI is InChI=1S/C15H17F3N4O2/c1-4-22-10(3)13(20-21-22)14(23)19-11-5-6-12(9(2)7-11)24-8-15(16,17)18/h5-7H,4,8H2,1-3H3,(H,19,23). The summed E-state index contributed by atoms with van der Waals surface area (Å²) in [4.78, 5) is 12.2. The molecule has 0 fully saturated rings. The Morgan fingerprint density at radius 2 is 2.04 bits per heavy atom. The lowest BCUT2D eigenvalue weighted by Crippen LogP contribution is -2.19. The number of carbonyl (C=O) groups excluding carboxylic acids is 1. The normalized spacial score (nSPS) is 11.4. The molecule has 1 aromatic carbocycles. The minimum absolute atomic E-state index is 0.110. The zero-order chi connectivity index (χ0) is 17.9. The third-order valence-electron chi connectivity index (χ3n) is 3.32. The summed E-state index contributed by atoms with van der Waals surface area (Å²) in [7, 11) is 0. The molecule has 130 valence electrons. The zero-order valence-electron chi connectivity index (χ0n) is 13.4. The van der Waals surface area contributed by atoms with Crippen molar-refractivity contribution in [1.29, 1.82) is 0 Å². The number of nitrogens with one attached hydrogen (secondary N) is 1. The van der Waals surface area contributed by atoms with Gasteiger partial charge < -0.3 is 10.1 Å². The number of ether oxygens (including phenoxy) is 1. The first-order chi connectivity index (χ1) is 11.2. The smallest absolute Gasteiger partial charge is 0.422 e. The van der Waals surface area contributed by atoms with Crippen molar-refractivity contribution in [2.75, 3.05) is 11.9 Å². The molecule has 0 spiro atoms. The van der Waals surface area contributed by atoms with Gasteiger partial charge in [-0.15, -0.1) is 5.10 Å². The van der Waals surface area contributed by atoms with E-state index >= 15 is 0 Å². The van der Waals surface area contributed by atoms with E-state index in [1.54, 1.807) is 18.5 Å². The van der Waals surface area contributed by atoms with Crippen LogP contribution in [0.1, 0.15) is 28.7 Å². The second kappa shape index (κ2) is 6.90. The van der Waals surface area contributed by atoms with Crippen molar-refractivity contribution in [3.63, 3.8) is 0 Å². The van der Waals surface area contributed by atoms with Crippen LogP contribution in [-0.4, -0.2) is 33.7 Å². The van der Waals surface area contributed by atoms with Gasteiger partial charge in [0.25, 0.3) is 5.91 Å². The lowest BCUT2D eigenvalue weighted by Gasteiger charge is -2.12. The van der Waals surface area contributed by atoms with Crippen LogP contribution in [0.5, 0.6) is 5.75 Å². The Morgan fingerprint density at radius 1 is 1.33 bits per heavy atom. The maximum atomic E-state index is 12.2. The summed E-state index contributed by atoms with van der Waals surface area (Å²) in [5.74, 6) is -0.325. The molecule has 0 atom stereocenters. The lowest BCUT2D eigenvalue weighted by molar-refractivity contribution is -0.153. The van der Waals surface area contributed by atoms with E-state index in [9.17, 15) is 18.0 Å². The van der Waals surface area contributed by atoms with Crippen molar-refractivity contribution < 1.29 is 22.7 Å². The Labute approximate surface area is 136 Å². The van der Waals surface area contributed by atoms with E-state index < -0.39 is 18.7 Å². The molecule has 2 rings (SSSR count). The van der Waals surface area contributed by atoms with Crippen LogP contribution in [0, 0.1) is 13.8 Å². The molecule has 6 nitrogen and oxygen atoms in total. The van der Waals surface area contributed by atoms with Gasteiger partial charge in [0.1, 0.15) is 5.75 Å². The van der Waals surface area contributed by atoms with E-state index in [4.69, 9.17) is 4.74 Å².